The molecule has 3 atom stereocenters. The second kappa shape index (κ2) is 9.86. The standard InChI is InChI=1S/C26H30Cl2O4/c1-15(2)19-10-11-22(16-6-8-18(27)9-7-16)32-24(19)20-12-17(26(3,4)5)13-21(28)25(20)31-14-23(29)30/h6-9,12-13,19,22,24H,1,10-11,14H2,2-5H3,(H,29,30)/t19-,22-,24+/m0/s1. The van der Waals surface area contributed by atoms with E-state index in [0.29, 0.717) is 15.8 Å². The lowest BCUT2D eigenvalue weighted by Gasteiger charge is -2.39. The number of carbonyl (C=O) groups is 1. The summed E-state index contributed by atoms with van der Waals surface area (Å²) in [5.41, 5.74) is 3.68. The Labute approximate surface area is 200 Å². The zero-order chi connectivity index (χ0) is 23.6. The Morgan fingerprint density at radius 3 is 2.41 bits per heavy atom. The molecule has 1 fully saturated rings. The minimum absolute atomic E-state index is 0.0528. The average molecular weight is 477 g/mol. The van der Waals surface area contributed by atoms with Crippen LogP contribution >= 0.6 is 23.2 Å². The van der Waals surface area contributed by atoms with Crippen LogP contribution in [0.4, 0.5) is 0 Å². The van der Waals surface area contributed by atoms with E-state index in [4.69, 9.17) is 32.7 Å². The third-order valence-electron chi connectivity index (χ3n) is 5.88. The van der Waals surface area contributed by atoms with Gasteiger partial charge in [-0.1, -0.05) is 68.3 Å². The summed E-state index contributed by atoms with van der Waals surface area (Å²) in [6.45, 7) is 12.0. The number of rotatable bonds is 6. The molecule has 4 nitrogen and oxygen atoms in total. The van der Waals surface area contributed by atoms with Gasteiger partial charge < -0.3 is 14.6 Å². The molecule has 1 saturated heterocycles. The quantitative estimate of drug-likeness (QED) is 0.437. The molecule has 3 rings (SSSR count). The molecule has 0 bridgehead atoms. The van der Waals surface area contributed by atoms with Gasteiger partial charge in [0.05, 0.1) is 17.2 Å². The summed E-state index contributed by atoms with van der Waals surface area (Å²) in [7, 11) is 0. The maximum atomic E-state index is 11.2. The molecule has 2 aromatic carbocycles. The van der Waals surface area contributed by atoms with E-state index >= 15 is 0 Å². The van der Waals surface area contributed by atoms with Gasteiger partial charge in [-0.2, -0.15) is 0 Å². The maximum Gasteiger partial charge on any atom is 0.341 e. The van der Waals surface area contributed by atoms with E-state index in [-0.39, 0.29) is 23.5 Å². The summed E-state index contributed by atoms with van der Waals surface area (Å²) in [6.07, 6.45) is 1.22. The zero-order valence-electron chi connectivity index (χ0n) is 19.0. The van der Waals surface area contributed by atoms with E-state index in [1.807, 2.05) is 43.3 Å². The van der Waals surface area contributed by atoms with Gasteiger partial charge in [-0.15, -0.1) is 0 Å². The Kier molecular flexibility index (Phi) is 7.59. The molecule has 1 N–H and O–H groups in total. The van der Waals surface area contributed by atoms with Gasteiger partial charge in [-0.3, -0.25) is 0 Å². The van der Waals surface area contributed by atoms with Gasteiger partial charge in [0.2, 0.25) is 0 Å². The second-order valence-electron chi connectivity index (χ2n) is 9.44. The van der Waals surface area contributed by atoms with Crippen molar-refractivity contribution in [3.05, 3.63) is 75.3 Å². The van der Waals surface area contributed by atoms with Crippen LogP contribution in [0.1, 0.15) is 69.4 Å². The Morgan fingerprint density at radius 2 is 1.84 bits per heavy atom. The molecule has 1 aliphatic heterocycles. The SMILES string of the molecule is C=C(C)[C@@H]1CC[C@@H](c2ccc(Cl)cc2)O[C@H]1c1cc(C(C)(C)C)cc(Cl)c1OCC(=O)O. The molecular formula is C26H30Cl2O4. The lowest BCUT2D eigenvalue weighted by Crippen LogP contribution is -2.27. The van der Waals surface area contributed by atoms with Crippen molar-refractivity contribution >= 4 is 29.2 Å². The van der Waals surface area contributed by atoms with E-state index in [2.05, 4.69) is 27.4 Å². The summed E-state index contributed by atoms with van der Waals surface area (Å²) in [6, 6.07) is 11.6. The van der Waals surface area contributed by atoms with Crippen molar-refractivity contribution in [2.24, 2.45) is 5.92 Å². The van der Waals surface area contributed by atoms with Crippen LogP contribution in [0.5, 0.6) is 5.75 Å². The molecule has 0 unspecified atom stereocenters. The topological polar surface area (TPSA) is 55.8 Å². The molecule has 0 saturated carbocycles. The smallest absolute Gasteiger partial charge is 0.341 e. The van der Waals surface area contributed by atoms with Gasteiger partial charge >= 0.3 is 5.97 Å². The van der Waals surface area contributed by atoms with Crippen molar-refractivity contribution in [3.8, 4) is 5.75 Å². The van der Waals surface area contributed by atoms with E-state index in [9.17, 15) is 9.90 Å². The summed E-state index contributed by atoms with van der Waals surface area (Å²) < 4.78 is 12.3. The van der Waals surface area contributed by atoms with E-state index < -0.39 is 12.6 Å². The molecule has 0 radical (unpaired) electrons. The number of benzene rings is 2. The predicted molar refractivity (Wildman–Crippen MR) is 129 cm³/mol. The minimum Gasteiger partial charge on any atom is -0.480 e. The molecule has 1 heterocycles. The number of halogens is 2. The van der Waals surface area contributed by atoms with Crippen LogP contribution in [0.2, 0.25) is 10.0 Å². The highest BCUT2D eigenvalue weighted by molar-refractivity contribution is 6.32. The van der Waals surface area contributed by atoms with Crippen LogP contribution in [0.3, 0.4) is 0 Å². The van der Waals surface area contributed by atoms with Gasteiger partial charge in [-0.25, -0.2) is 4.79 Å². The fourth-order valence-corrected chi connectivity index (χ4v) is 4.49. The van der Waals surface area contributed by atoms with Crippen LogP contribution in [-0.4, -0.2) is 17.7 Å². The Morgan fingerprint density at radius 1 is 1.19 bits per heavy atom. The van der Waals surface area contributed by atoms with Gasteiger partial charge in [0.25, 0.3) is 0 Å². The normalized spacial score (nSPS) is 21.2. The largest absolute Gasteiger partial charge is 0.480 e. The number of hydrogen-bond donors (Lipinski definition) is 1. The Balaban J connectivity index is 2.09. The van der Waals surface area contributed by atoms with Crippen molar-refractivity contribution in [3.63, 3.8) is 0 Å². The molecule has 6 heteroatoms. The van der Waals surface area contributed by atoms with E-state index in [1.54, 1.807) is 0 Å². The first-order chi connectivity index (χ1) is 15.0. The van der Waals surface area contributed by atoms with Gasteiger partial charge in [0.15, 0.2) is 6.61 Å². The average Bonchev–Trinajstić information content (AvgIpc) is 2.71. The number of carboxylic acids is 1. The van der Waals surface area contributed by atoms with E-state index in [0.717, 1.165) is 35.1 Å². The highest BCUT2D eigenvalue weighted by atomic mass is 35.5. The first-order valence-electron chi connectivity index (χ1n) is 10.7. The summed E-state index contributed by atoms with van der Waals surface area (Å²) in [5, 5.41) is 10.2. The van der Waals surface area contributed by atoms with Crippen LogP contribution in [0, 0.1) is 5.92 Å². The summed E-state index contributed by atoms with van der Waals surface area (Å²) in [4.78, 5) is 11.2. The molecular weight excluding hydrogens is 447 g/mol. The third-order valence-corrected chi connectivity index (χ3v) is 6.41. The Hall–Kier alpha value is -2.01. The van der Waals surface area contributed by atoms with Crippen molar-refractivity contribution in [2.45, 2.75) is 58.2 Å². The minimum atomic E-state index is -1.06. The zero-order valence-corrected chi connectivity index (χ0v) is 20.5. The number of hydrogen-bond acceptors (Lipinski definition) is 3. The molecule has 0 aromatic heterocycles. The third kappa shape index (κ3) is 5.67. The number of ether oxygens (including phenoxy) is 2. The second-order valence-corrected chi connectivity index (χ2v) is 10.3. The maximum absolute atomic E-state index is 11.2. The van der Waals surface area contributed by atoms with E-state index in [1.165, 1.54) is 0 Å². The van der Waals surface area contributed by atoms with Gasteiger partial charge in [0.1, 0.15) is 5.75 Å². The monoisotopic (exact) mass is 476 g/mol. The first-order valence-corrected chi connectivity index (χ1v) is 11.5. The van der Waals surface area contributed by atoms with Crippen molar-refractivity contribution in [1.82, 2.24) is 0 Å². The van der Waals surface area contributed by atoms with Crippen molar-refractivity contribution < 1.29 is 19.4 Å². The fourth-order valence-electron chi connectivity index (χ4n) is 4.08. The van der Waals surface area contributed by atoms with Gasteiger partial charge in [-0.05, 0) is 60.6 Å². The molecule has 2 aromatic rings. The molecule has 0 amide bonds. The summed E-state index contributed by atoms with van der Waals surface area (Å²) in [5.74, 6) is -0.654. The molecule has 1 aliphatic rings. The lowest BCUT2D eigenvalue weighted by atomic mass is 9.79. The molecule has 0 aliphatic carbocycles. The van der Waals surface area contributed by atoms with Crippen molar-refractivity contribution in [2.75, 3.05) is 6.61 Å². The highest BCUT2D eigenvalue weighted by Gasteiger charge is 2.36. The van der Waals surface area contributed by atoms with Crippen LogP contribution in [-0.2, 0) is 14.9 Å². The number of aliphatic carboxylic acids is 1. The van der Waals surface area contributed by atoms with Crippen LogP contribution < -0.4 is 4.74 Å². The van der Waals surface area contributed by atoms with Crippen LogP contribution in [0.15, 0.2) is 48.6 Å². The van der Waals surface area contributed by atoms with Crippen LogP contribution in [0.25, 0.3) is 0 Å². The highest BCUT2D eigenvalue weighted by Crippen LogP contribution is 2.49. The first kappa shape index (κ1) is 24.6. The predicted octanol–water partition coefficient (Wildman–Crippen LogP) is 7.54. The lowest BCUT2D eigenvalue weighted by molar-refractivity contribution is -0.139. The molecule has 172 valence electrons. The number of carboxylic acid groups (broad SMARTS) is 1. The molecule has 32 heavy (non-hydrogen) atoms. The van der Waals surface area contributed by atoms with Crippen molar-refractivity contribution in [1.29, 1.82) is 0 Å². The summed E-state index contributed by atoms with van der Waals surface area (Å²) >= 11 is 12.7. The molecule has 0 spiro atoms. The van der Waals surface area contributed by atoms with Gasteiger partial charge in [0, 0.05) is 16.5 Å². The fraction of sp³-hybridized carbons (Fsp3) is 0.423. The Bertz CT molecular complexity index is 992.